The summed E-state index contributed by atoms with van der Waals surface area (Å²) in [6.07, 6.45) is -0.768. The second-order valence-electron chi connectivity index (χ2n) is 6.60. The number of alkyl carbamates (subject to hydrolysis) is 1. The maximum atomic E-state index is 11.8. The van der Waals surface area contributed by atoms with Crippen molar-refractivity contribution in [2.24, 2.45) is 5.92 Å². The highest BCUT2D eigenvalue weighted by Gasteiger charge is 2.23. The van der Waals surface area contributed by atoms with Crippen LogP contribution < -0.4 is 5.32 Å². The van der Waals surface area contributed by atoms with Crippen LogP contribution in [-0.4, -0.2) is 35.3 Å². The summed E-state index contributed by atoms with van der Waals surface area (Å²) in [6, 6.07) is 9.12. The van der Waals surface area contributed by atoms with E-state index >= 15 is 0 Å². The zero-order chi connectivity index (χ0) is 18.9. The third-order valence-corrected chi connectivity index (χ3v) is 3.17. The molecule has 0 aliphatic rings. The lowest BCUT2D eigenvalue weighted by Crippen LogP contribution is -2.34. The number of hydrogen-bond acceptors (Lipinski definition) is 5. The second kappa shape index (κ2) is 9.66. The van der Waals surface area contributed by atoms with Gasteiger partial charge in [-0.15, -0.1) is 0 Å². The van der Waals surface area contributed by atoms with Gasteiger partial charge in [-0.25, -0.2) is 4.79 Å². The third-order valence-electron chi connectivity index (χ3n) is 3.17. The maximum Gasteiger partial charge on any atom is 0.407 e. The number of esters is 1. The van der Waals surface area contributed by atoms with Gasteiger partial charge in [0.25, 0.3) is 0 Å². The average Bonchev–Trinajstić information content (AvgIpc) is 2.51. The number of rotatable bonds is 8. The molecule has 25 heavy (non-hydrogen) atoms. The van der Waals surface area contributed by atoms with Gasteiger partial charge in [0.05, 0.1) is 12.3 Å². The lowest BCUT2D eigenvalue weighted by Gasteiger charge is -2.20. The van der Waals surface area contributed by atoms with Crippen molar-refractivity contribution in [2.75, 3.05) is 6.54 Å². The van der Waals surface area contributed by atoms with E-state index in [4.69, 9.17) is 9.47 Å². The third kappa shape index (κ3) is 9.34. The van der Waals surface area contributed by atoms with Crippen molar-refractivity contribution in [2.45, 2.75) is 45.8 Å². The normalized spacial score (nSPS) is 12.1. The van der Waals surface area contributed by atoms with Crippen molar-refractivity contribution in [1.82, 2.24) is 5.32 Å². The van der Waals surface area contributed by atoms with Crippen molar-refractivity contribution >= 4 is 18.0 Å². The molecule has 1 rings (SSSR count). The van der Waals surface area contributed by atoms with Gasteiger partial charge in [-0.05, 0) is 32.8 Å². The molecular weight excluding hydrogens is 326 g/mol. The van der Waals surface area contributed by atoms with E-state index in [0.29, 0.717) is 0 Å². The van der Waals surface area contributed by atoms with Crippen molar-refractivity contribution in [3.8, 4) is 0 Å². The molecule has 0 aliphatic heterocycles. The first-order valence-corrected chi connectivity index (χ1v) is 8.06. The van der Waals surface area contributed by atoms with Crippen molar-refractivity contribution in [3.63, 3.8) is 0 Å². The Morgan fingerprint density at radius 2 is 1.80 bits per heavy atom. The first-order chi connectivity index (χ1) is 11.7. The Labute approximate surface area is 147 Å². The number of carboxylic acids is 1. The summed E-state index contributed by atoms with van der Waals surface area (Å²) >= 11 is 0. The molecule has 7 nitrogen and oxygen atoms in total. The number of aliphatic carboxylic acids is 1. The van der Waals surface area contributed by atoms with Crippen LogP contribution in [-0.2, 0) is 25.7 Å². The molecule has 1 aromatic rings. The highest BCUT2D eigenvalue weighted by atomic mass is 16.6. The molecule has 0 heterocycles. The number of carboxylic acid groups (broad SMARTS) is 1. The number of carbonyl (C=O) groups is 3. The molecule has 1 atom stereocenters. The summed E-state index contributed by atoms with van der Waals surface area (Å²) in [5.74, 6) is -2.63. The van der Waals surface area contributed by atoms with Crippen molar-refractivity contribution in [3.05, 3.63) is 35.9 Å². The van der Waals surface area contributed by atoms with Crippen LogP contribution in [0.5, 0.6) is 0 Å². The van der Waals surface area contributed by atoms with Gasteiger partial charge in [0.1, 0.15) is 12.2 Å². The number of carbonyl (C=O) groups excluding carboxylic acids is 2. The van der Waals surface area contributed by atoms with Crippen LogP contribution in [0, 0.1) is 5.92 Å². The van der Waals surface area contributed by atoms with Gasteiger partial charge in [-0.3, -0.25) is 9.59 Å². The molecule has 1 aromatic carbocycles. The first kappa shape index (κ1) is 20.5. The highest BCUT2D eigenvalue weighted by Crippen LogP contribution is 2.12. The van der Waals surface area contributed by atoms with E-state index in [1.807, 2.05) is 30.3 Å². The predicted molar refractivity (Wildman–Crippen MR) is 90.8 cm³/mol. The molecule has 0 saturated heterocycles. The van der Waals surface area contributed by atoms with Crippen LogP contribution in [0.2, 0.25) is 0 Å². The number of amides is 1. The van der Waals surface area contributed by atoms with Crippen LogP contribution in [0.15, 0.2) is 30.3 Å². The minimum Gasteiger partial charge on any atom is -0.481 e. The summed E-state index contributed by atoms with van der Waals surface area (Å²) in [5.41, 5.74) is 0.201. The zero-order valence-corrected chi connectivity index (χ0v) is 14.8. The van der Waals surface area contributed by atoms with Gasteiger partial charge >= 0.3 is 18.0 Å². The van der Waals surface area contributed by atoms with Gasteiger partial charge in [-0.1, -0.05) is 30.3 Å². The van der Waals surface area contributed by atoms with Gasteiger partial charge in [0, 0.05) is 6.54 Å². The Kier molecular flexibility index (Phi) is 7.91. The second-order valence-corrected chi connectivity index (χ2v) is 6.60. The molecule has 0 saturated carbocycles. The van der Waals surface area contributed by atoms with E-state index in [2.05, 4.69) is 5.32 Å². The molecular formula is C18H25NO6. The van der Waals surface area contributed by atoms with Crippen LogP contribution in [0.4, 0.5) is 4.79 Å². The van der Waals surface area contributed by atoms with E-state index in [0.717, 1.165) is 5.56 Å². The quantitative estimate of drug-likeness (QED) is 0.698. The predicted octanol–water partition coefficient (Wildman–Crippen LogP) is 2.74. The summed E-state index contributed by atoms with van der Waals surface area (Å²) in [5, 5.41) is 11.7. The van der Waals surface area contributed by atoms with Crippen LogP contribution >= 0.6 is 0 Å². The number of ether oxygens (including phenoxy) is 2. The number of nitrogens with one attached hydrogen (secondary N) is 1. The molecule has 1 amide bonds. The molecule has 0 fully saturated rings. The molecule has 0 bridgehead atoms. The van der Waals surface area contributed by atoms with Crippen LogP contribution in [0.25, 0.3) is 0 Å². The molecule has 138 valence electrons. The Balaban J connectivity index is 2.37. The summed E-state index contributed by atoms with van der Waals surface area (Å²) in [7, 11) is 0. The Morgan fingerprint density at radius 1 is 1.16 bits per heavy atom. The van der Waals surface area contributed by atoms with E-state index in [1.54, 1.807) is 20.8 Å². The summed E-state index contributed by atoms with van der Waals surface area (Å²) in [4.78, 5) is 34.6. The maximum absolute atomic E-state index is 11.8. The number of benzene rings is 1. The topological polar surface area (TPSA) is 102 Å². The van der Waals surface area contributed by atoms with Crippen molar-refractivity contribution in [1.29, 1.82) is 0 Å². The minimum absolute atomic E-state index is 0.0951. The fraction of sp³-hybridized carbons (Fsp3) is 0.500. The monoisotopic (exact) mass is 351 g/mol. The van der Waals surface area contributed by atoms with Crippen molar-refractivity contribution < 1.29 is 29.0 Å². The van der Waals surface area contributed by atoms with Crippen LogP contribution in [0.3, 0.4) is 0 Å². The standard InChI is InChI=1S/C18H25NO6/c1-18(2,3)25-17(23)19-10-9-14(16(21)22)11-15(20)24-12-13-7-5-4-6-8-13/h4-8,14H,9-12H2,1-3H3,(H,19,23)(H,21,22)/t14-/m0/s1. The Morgan fingerprint density at radius 3 is 2.36 bits per heavy atom. The minimum atomic E-state index is -1.11. The van der Waals surface area contributed by atoms with E-state index in [1.165, 1.54) is 0 Å². The highest BCUT2D eigenvalue weighted by molar-refractivity contribution is 5.78. The van der Waals surface area contributed by atoms with E-state index < -0.39 is 29.6 Å². The summed E-state index contributed by atoms with van der Waals surface area (Å²) < 4.78 is 10.1. The Hall–Kier alpha value is -2.57. The smallest absolute Gasteiger partial charge is 0.407 e. The summed E-state index contributed by atoms with van der Waals surface area (Å²) in [6.45, 7) is 5.39. The SMILES string of the molecule is CC(C)(C)OC(=O)NCC[C@@H](CC(=O)OCc1ccccc1)C(=O)O. The lowest BCUT2D eigenvalue weighted by atomic mass is 10.0. The average molecular weight is 351 g/mol. The van der Waals surface area contributed by atoms with Gasteiger partial charge < -0.3 is 19.9 Å². The van der Waals surface area contributed by atoms with Crippen LogP contribution in [0.1, 0.15) is 39.2 Å². The largest absolute Gasteiger partial charge is 0.481 e. The first-order valence-electron chi connectivity index (χ1n) is 8.06. The van der Waals surface area contributed by atoms with Gasteiger partial charge in [0.2, 0.25) is 0 Å². The number of hydrogen-bond donors (Lipinski definition) is 2. The molecule has 0 radical (unpaired) electrons. The Bertz CT molecular complexity index is 579. The van der Waals surface area contributed by atoms with Gasteiger partial charge in [-0.2, -0.15) is 0 Å². The molecule has 7 heteroatoms. The fourth-order valence-corrected chi connectivity index (χ4v) is 1.97. The lowest BCUT2D eigenvalue weighted by molar-refractivity contribution is -0.152. The zero-order valence-electron chi connectivity index (χ0n) is 14.8. The van der Waals surface area contributed by atoms with E-state index in [9.17, 15) is 19.5 Å². The molecule has 2 N–H and O–H groups in total. The molecule has 0 spiro atoms. The molecule has 0 aromatic heterocycles. The van der Waals surface area contributed by atoms with Gasteiger partial charge in [0.15, 0.2) is 0 Å². The molecule has 0 unspecified atom stereocenters. The molecule has 0 aliphatic carbocycles. The fourth-order valence-electron chi connectivity index (χ4n) is 1.97. The van der Waals surface area contributed by atoms with E-state index in [-0.39, 0.29) is 26.0 Å².